The highest BCUT2D eigenvalue weighted by Gasteiger charge is 2.14. The van der Waals surface area contributed by atoms with Crippen LogP contribution in [0.15, 0.2) is 36.7 Å². The molecule has 0 aliphatic heterocycles. The third-order valence-corrected chi connectivity index (χ3v) is 3.45. The summed E-state index contributed by atoms with van der Waals surface area (Å²) in [5.41, 5.74) is 2.56. The molecule has 102 valence electrons. The van der Waals surface area contributed by atoms with Crippen LogP contribution >= 0.6 is 11.6 Å². The maximum Gasteiger partial charge on any atom is 0.142 e. The summed E-state index contributed by atoms with van der Waals surface area (Å²) in [6.07, 6.45) is 4.07. The van der Waals surface area contributed by atoms with Crippen molar-refractivity contribution in [3.05, 3.63) is 41.7 Å². The summed E-state index contributed by atoms with van der Waals surface area (Å²) in [5, 5.41) is 10.3. The Morgan fingerprint density at radius 1 is 1.30 bits per heavy atom. The van der Waals surface area contributed by atoms with Crippen LogP contribution in [0.3, 0.4) is 0 Å². The number of pyridine rings is 1. The van der Waals surface area contributed by atoms with Gasteiger partial charge in [-0.3, -0.25) is 4.98 Å². The van der Waals surface area contributed by atoms with Crippen LogP contribution in [0.1, 0.15) is 13.3 Å². The second kappa shape index (κ2) is 5.13. The fraction of sp³-hybridized carbons (Fsp3) is 0.200. The normalized spacial score (nSPS) is 11.1. The molecule has 0 radical (unpaired) electrons. The monoisotopic (exact) mass is 287 g/mol. The first-order valence-electron chi connectivity index (χ1n) is 6.50. The minimum absolute atomic E-state index is 0.128. The summed E-state index contributed by atoms with van der Waals surface area (Å²) in [5.74, 6) is 0.905. The van der Waals surface area contributed by atoms with Gasteiger partial charge in [-0.25, -0.2) is 4.98 Å². The molecule has 0 atom stereocenters. The van der Waals surface area contributed by atoms with Gasteiger partial charge >= 0.3 is 0 Å². The van der Waals surface area contributed by atoms with E-state index in [-0.39, 0.29) is 5.75 Å². The van der Waals surface area contributed by atoms with Crippen LogP contribution in [0.2, 0.25) is 5.02 Å². The second-order valence-electron chi connectivity index (χ2n) is 4.63. The smallest absolute Gasteiger partial charge is 0.142 e. The lowest BCUT2D eigenvalue weighted by Crippen LogP contribution is -2.00. The zero-order valence-corrected chi connectivity index (χ0v) is 11.8. The van der Waals surface area contributed by atoms with E-state index in [0.29, 0.717) is 5.02 Å². The number of para-hydroxylation sites is 1. The molecule has 0 unspecified atom stereocenters. The van der Waals surface area contributed by atoms with Crippen molar-refractivity contribution in [2.45, 2.75) is 19.9 Å². The van der Waals surface area contributed by atoms with Crippen LogP contribution in [-0.2, 0) is 6.54 Å². The van der Waals surface area contributed by atoms with Crippen molar-refractivity contribution >= 4 is 22.6 Å². The van der Waals surface area contributed by atoms with E-state index >= 15 is 0 Å². The number of nitrogens with zero attached hydrogens (tertiary/aromatic N) is 3. The van der Waals surface area contributed by atoms with Gasteiger partial charge in [0.05, 0.1) is 22.3 Å². The molecular weight excluding hydrogens is 274 g/mol. The van der Waals surface area contributed by atoms with Crippen molar-refractivity contribution in [2.24, 2.45) is 0 Å². The summed E-state index contributed by atoms with van der Waals surface area (Å²) < 4.78 is 2.08. The van der Waals surface area contributed by atoms with Gasteiger partial charge in [0.25, 0.3) is 0 Å². The first-order chi connectivity index (χ1) is 9.70. The summed E-state index contributed by atoms with van der Waals surface area (Å²) in [6.45, 7) is 2.92. The number of hydrogen-bond donors (Lipinski definition) is 1. The number of imidazole rings is 1. The van der Waals surface area contributed by atoms with Gasteiger partial charge in [-0.2, -0.15) is 0 Å². The van der Waals surface area contributed by atoms with E-state index in [1.807, 2.05) is 18.2 Å². The Kier molecular flexibility index (Phi) is 3.32. The lowest BCUT2D eigenvalue weighted by molar-refractivity contribution is 0.473. The SMILES string of the molecule is CCCn1c(-c2cncc(O)c2)nc2cccc(Cl)c21. The molecule has 0 fully saturated rings. The largest absolute Gasteiger partial charge is 0.506 e. The molecule has 0 amide bonds. The Labute approximate surface area is 121 Å². The summed E-state index contributed by atoms with van der Waals surface area (Å²) in [4.78, 5) is 8.65. The Hall–Kier alpha value is -2.07. The van der Waals surface area contributed by atoms with Gasteiger partial charge < -0.3 is 9.67 Å². The molecule has 5 heteroatoms. The number of rotatable bonds is 3. The van der Waals surface area contributed by atoms with E-state index in [0.717, 1.165) is 35.4 Å². The number of fused-ring (bicyclic) bond motifs is 1. The minimum Gasteiger partial charge on any atom is -0.506 e. The van der Waals surface area contributed by atoms with Crippen LogP contribution < -0.4 is 0 Å². The number of hydrogen-bond acceptors (Lipinski definition) is 3. The predicted octanol–water partition coefficient (Wildman–Crippen LogP) is 3.87. The van der Waals surface area contributed by atoms with Crippen LogP contribution in [0.5, 0.6) is 5.75 Å². The van der Waals surface area contributed by atoms with E-state index in [4.69, 9.17) is 11.6 Å². The minimum atomic E-state index is 0.128. The highest BCUT2D eigenvalue weighted by atomic mass is 35.5. The molecule has 0 saturated carbocycles. The maximum absolute atomic E-state index is 9.60. The van der Waals surface area contributed by atoms with Gasteiger partial charge in [-0.15, -0.1) is 0 Å². The van der Waals surface area contributed by atoms with Gasteiger partial charge in [0, 0.05) is 18.3 Å². The Morgan fingerprint density at radius 3 is 2.90 bits per heavy atom. The Balaban J connectivity index is 2.30. The van der Waals surface area contributed by atoms with Crippen molar-refractivity contribution in [3.8, 4) is 17.1 Å². The molecule has 0 bridgehead atoms. The van der Waals surface area contributed by atoms with E-state index in [2.05, 4.69) is 21.5 Å². The Morgan fingerprint density at radius 2 is 2.15 bits per heavy atom. The molecule has 2 aromatic heterocycles. The zero-order chi connectivity index (χ0) is 14.1. The molecule has 0 spiro atoms. The number of aromatic hydroxyl groups is 1. The topological polar surface area (TPSA) is 50.9 Å². The lowest BCUT2D eigenvalue weighted by atomic mass is 10.2. The summed E-state index contributed by atoms with van der Waals surface area (Å²) >= 11 is 6.30. The van der Waals surface area contributed by atoms with Crippen LogP contribution in [0.25, 0.3) is 22.4 Å². The number of benzene rings is 1. The van der Waals surface area contributed by atoms with Crippen molar-refractivity contribution < 1.29 is 5.11 Å². The molecule has 1 N–H and O–H groups in total. The summed E-state index contributed by atoms with van der Waals surface area (Å²) in [6, 6.07) is 7.35. The van der Waals surface area contributed by atoms with Crippen LogP contribution in [0, 0.1) is 0 Å². The number of halogens is 1. The molecule has 0 aliphatic carbocycles. The van der Waals surface area contributed by atoms with Gasteiger partial charge in [0.1, 0.15) is 11.6 Å². The van der Waals surface area contributed by atoms with Crippen molar-refractivity contribution in [1.82, 2.24) is 14.5 Å². The third-order valence-electron chi connectivity index (χ3n) is 3.15. The van der Waals surface area contributed by atoms with Gasteiger partial charge in [-0.05, 0) is 24.6 Å². The molecule has 3 aromatic rings. The molecule has 3 rings (SSSR count). The van der Waals surface area contributed by atoms with Crippen molar-refractivity contribution in [3.63, 3.8) is 0 Å². The van der Waals surface area contributed by atoms with Gasteiger partial charge in [0.2, 0.25) is 0 Å². The van der Waals surface area contributed by atoms with E-state index in [1.54, 1.807) is 12.3 Å². The van der Waals surface area contributed by atoms with Gasteiger partial charge in [-0.1, -0.05) is 24.6 Å². The van der Waals surface area contributed by atoms with Crippen LogP contribution in [-0.4, -0.2) is 19.6 Å². The van der Waals surface area contributed by atoms with E-state index in [9.17, 15) is 5.11 Å². The third kappa shape index (κ3) is 2.12. The molecule has 0 saturated heterocycles. The summed E-state index contributed by atoms with van der Waals surface area (Å²) in [7, 11) is 0. The molecule has 0 aliphatic rings. The predicted molar refractivity (Wildman–Crippen MR) is 79.9 cm³/mol. The Bertz CT molecular complexity index is 767. The van der Waals surface area contributed by atoms with Crippen molar-refractivity contribution in [2.75, 3.05) is 0 Å². The highest BCUT2D eigenvalue weighted by molar-refractivity contribution is 6.35. The molecule has 1 aromatic carbocycles. The second-order valence-corrected chi connectivity index (χ2v) is 5.03. The maximum atomic E-state index is 9.60. The van der Waals surface area contributed by atoms with Crippen LogP contribution in [0.4, 0.5) is 0 Å². The molecule has 20 heavy (non-hydrogen) atoms. The van der Waals surface area contributed by atoms with Crippen molar-refractivity contribution in [1.29, 1.82) is 0 Å². The van der Waals surface area contributed by atoms with E-state index < -0.39 is 0 Å². The highest BCUT2D eigenvalue weighted by Crippen LogP contribution is 2.30. The van der Waals surface area contributed by atoms with E-state index in [1.165, 1.54) is 6.20 Å². The molecule has 2 heterocycles. The zero-order valence-electron chi connectivity index (χ0n) is 11.0. The standard InChI is InChI=1S/C15H14ClN3O/c1-2-6-19-14-12(16)4-3-5-13(14)18-15(19)10-7-11(20)9-17-8-10/h3-5,7-9,20H,2,6H2,1H3. The number of aromatic nitrogens is 3. The average molecular weight is 288 g/mol. The van der Waals surface area contributed by atoms with Gasteiger partial charge in [0.15, 0.2) is 0 Å². The fourth-order valence-electron chi connectivity index (χ4n) is 2.35. The average Bonchev–Trinajstić information content (AvgIpc) is 2.80. The quantitative estimate of drug-likeness (QED) is 0.795. The number of aryl methyl sites for hydroxylation is 1. The molecular formula is C15H14ClN3O. The first-order valence-corrected chi connectivity index (χ1v) is 6.87. The fourth-order valence-corrected chi connectivity index (χ4v) is 2.63. The first kappa shape index (κ1) is 12.9. The lowest BCUT2D eigenvalue weighted by Gasteiger charge is -2.08. The molecule has 4 nitrogen and oxygen atoms in total.